The molecule has 0 aromatic heterocycles. The predicted molar refractivity (Wildman–Crippen MR) is 73.4 cm³/mol. The molecular formula is C14H22ClNO. The summed E-state index contributed by atoms with van der Waals surface area (Å²) in [6, 6.07) is 7.34. The van der Waals surface area contributed by atoms with Crippen molar-refractivity contribution in [2.45, 2.75) is 45.3 Å². The molecule has 1 unspecified atom stereocenters. The van der Waals surface area contributed by atoms with Crippen LogP contribution in [0.1, 0.15) is 45.3 Å². The molecule has 0 spiro atoms. The minimum atomic E-state index is -0.482. The third-order valence-corrected chi connectivity index (χ3v) is 3.79. The molecule has 0 aliphatic carbocycles. The molecule has 0 heterocycles. The number of rotatable bonds is 6. The molecule has 1 atom stereocenters. The van der Waals surface area contributed by atoms with Gasteiger partial charge in [0.05, 0.1) is 6.10 Å². The number of nitrogens with one attached hydrogen (secondary N) is 1. The summed E-state index contributed by atoms with van der Waals surface area (Å²) < 4.78 is 0. The van der Waals surface area contributed by atoms with Gasteiger partial charge in [0.15, 0.2) is 0 Å². The standard InChI is InChI=1S/C14H22ClNO/c1-4-14(3,5-2)16-10-13(17)11-6-8-12(15)9-7-11/h6-9,13,16-17H,4-5,10H2,1-3H3. The van der Waals surface area contributed by atoms with Gasteiger partial charge in [0.25, 0.3) is 0 Å². The van der Waals surface area contributed by atoms with E-state index in [1.54, 1.807) is 12.1 Å². The molecule has 0 saturated heterocycles. The summed E-state index contributed by atoms with van der Waals surface area (Å²) in [6.45, 7) is 7.07. The molecule has 2 nitrogen and oxygen atoms in total. The Labute approximate surface area is 109 Å². The van der Waals surface area contributed by atoms with Gasteiger partial charge in [0.2, 0.25) is 0 Å². The Morgan fingerprint density at radius 1 is 1.24 bits per heavy atom. The summed E-state index contributed by atoms with van der Waals surface area (Å²) in [5, 5.41) is 14.2. The van der Waals surface area contributed by atoms with Crippen LogP contribution >= 0.6 is 11.6 Å². The summed E-state index contributed by atoms with van der Waals surface area (Å²) >= 11 is 5.81. The largest absolute Gasteiger partial charge is 0.387 e. The van der Waals surface area contributed by atoms with E-state index in [-0.39, 0.29) is 5.54 Å². The van der Waals surface area contributed by atoms with E-state index in [0.717, 1.165) is 18.4 Å². The Balaban J connectivity index is 2.55. The van der Waals surface area contributed by atoms with Crippen LogP contribution in [-0.4, -0.2) is 17.2 Å². The molecule has 1 aromatic carbocycles. The lowest BCUT2D eigenvalue weighted by molar-refractivity contribution is 0.156. The number of β-amino-alcohol motifs (C(OH)–C–C–N with tert-alkyl or cyclic N) is 1. The van der Waals surface area contributed by atoms with Crippen LogP contribution < -0.4 is 5.32 Å². The molecule has 0 radical (unpaired) electrons. The number of hydrogen-bond acceptors (Lipinski definition) is 2. The van der Waals surface area contributed by atoms with Gasteiger partial charge in [-0.25, -0.2) is 0 Å². The smallest absolute Gasteiger partial charge is 0.0914 e. The number of aliphatic hydroxyl groups is 1. The monoisotopic (exact) mass is 255 g/mol. The van der Waals surface area contributed by atoms with Crippen LogP contribution in [0.25, 0.3) is 0 Å². The molecule has 96 valence electrons. The fraction of sp³-hybridized carbons (Fsp3) is 0.571. The molecule has 1 aromatic rings. The average molecular weight is 256 g/mol. The molecule has 0 aliphatic heterocycles. The first-order chi connectivity index (χ1) is 8.00. The first-order valence-corrected chi connectivity index (χ1v) is 6.57. The van der Waals surface area contributed by atoms with Crippen LogP contribution in [0.5, 0.6) is 0 Å². The Bertz CT molecular complexity index is 333. The van der Waals surface area contributed by atoms with E-state index in [1.165, 1.54) is 0 Å². The van der Waals surface area contributed by atoms with E-state index in [2.05, 4.69) is 26.1 Å². The maximum absolute atomic E-state index is 10.1. The van der Waals surface area contributed by atoms with Crippen molar-refractivity contribution >= 4 is 11.6 Å². The number of benzene rings is 1. The summed E-state index contributed by atoms with van der Waals surface area (Å²) in [5.74, 6) is 0. The molecule has 0 aliphatic rings. The second-order valence-corrected chi connectivity index (χ2v) is 5.15. The van der Waals surface area contributed by atoms with E-state index >= 15 is 0 Å². The highest BCUT2D eigenvalue weighted by Crippen LogP contribution is 2.18. The lowest BCUT2D eigenvalue weighted by Crippen LogP contribution is -2.43. The molecule has 0 saturated carbocycles. The zero-order valence-electron chi connectivity index (χ0n) is 10.8. The predicted octanol–water partition coefficient (Wildman–Crippen LogP) is 3.54. The minimum absolute atomic E-state index is 0.105. The lowest BCUT2D eigenvalue weighted by Gasteiger charge is -2.29. The van der Waals surface area contributed by atoms with Crippen molar-refractivity contribution in [3.05, 3.63) is 34.9 Å². The third kappa shape index (κ3) is 4.30. The Kier molecular flexibility index (Phi) is 5.44. The van der Waals surface area contributed by atoms with Crippen molar-refractivity contribution in [1.29, 1.82) is 0 Å². The fourth-order valence-electron chi connectivity index (χ4n) is 1.65. The summed E-state index contributed by atoms with van der Waals surface area (Å²) in [4.78, 5) is 0. The number of aliphatic hydroxyl groups excluding tert-OH is 1. The first-order valence-electron chi connectivity index (χ1n) is 6.19. The Morgan fingerprint density at radius 2 is 1.76 bits per heavy atom. The van der Waals surface area contributed by atoms with Crippen LogP contribution in [0, 0.1) is 0 Å². The zero-order chi connectivity index (χ0) is 12.9. The maximum Gasteiger partial charge on any atom is 0.0914 e. The Hall–Kier alpha value is -0.570. The van der Waals surface area contributed by atoms with Crippen LogP contribution in [0.15, 0.2) is 24.3 Å². The quantitative estimate of drug-likeness (QED) is 0.815. The van der Waals surface area contributed by atoms with Gasteiger partial charge in [-0.3, -0.25) is 0 Å². The van der Waals surface area contributed by atoms with Gasteiger partial charge in [-0.2, -0.15) is 0 Å². The molecule has 3 heteroatoms. The first kappa shape index (κ1) is 14.5. The van der Waals surface area contributed by atoms with Crippen LogP contribution in [0.3, 0.4) is 0 Å². The van der Waals surface area contributed by atoms with Crippen molar-refractivity contribution in [3.63, 3.8) is 0 Å². The van der Waals surface area contributed by atoms with Gasteiger partial charge < -0.3 is 10.4 Å². The second-order valence-electron chi connectivity index (χ2n) is 4.72. The average Bonchev–Trinajstić information content (AvgIpc) is 2.36. The third-order valence-electron chi connectivity index (χ3n) is 3.54. The van der Waals surface area contributed by atoms with Crippen LogP contribution in [-0.2, 0) is 0 Å². The normalized spacial score (nSPS) is 13.7. The lowest BCUT2D eigenvalue weighted by atomic mass is 9.95. The number of hydrogen-bond donors (Lipinski definition) is 2. The molecule has 2 N–H and O–H groups in total. The van der Waals surface area contributed by atoms with E-state index in [0.29, 0.717) is 11.6 Å². The van der Waals surface area contributed by atoms with Gasteiger partial charge >= 0.3 is 0 Å². The molecule has 1 rings (SSSR count). The topological polar surface area (TPSA) is 32.3 Å². The van der Waals surface area contributed by atoms with Gasteiger partial charge in [-0.05, 0) is 37.5 Å². The summed E-state index contributed by atoms with van der Waals surface area (Å²) in [7, 11) is 0. The second kappa shape index (κ2) is 6.39. The van der Waals surface area contributed by atoms with Crippen LogP contribution in [0.2, 0.25) is 5.02 Å². The number of halogens is 1. The van der Waals surface area contributed by atoms with E-state index in [1.807, 2.05) is 12.1 Å². The van der Waals surface area contributed by atoms with E-state index < -0.39 is 6.10 Å². The SMILES string of the molecule is CCC(C)(CC)NCC(O)c1ccc(Cl)cc1. The Morgan fingerprint density at radius 3 is 2.24 bits per heavy atom. The minimum Gasteiger partial charge on any atom is -0.387 e. The molecule has 0 bridgehead atoms. The van der Waals surface area contributed by atoms with E-state index in [9.17, 15) is 5.11 Å². The van der Waals surface area contributed by atoms with Crippen molar-refractivity contribution in [1.82, 2.24) is 5.32 Å². The van der Waals surface area contributed by atoms with Crippen LogP contribution in [0.4, 0.5) is 0 Å². The van der Waals surface area contributed by atoms with E-state index in [4.69, 9.17) is 11.6 Å². The highest BCUT2D eigenvalue weighted by molar-refractivity contribution is 6.30. The zero-order valence-corrected chi connectivity index (χ0v) is 11.6. The highest BCUT2D eigenvalue weighted by atomic mass is 35.5. The summed E-state index contributed by atoms with van der Waals surface area (Å²) in [5.41, 5.74) is 1.00. The van der Waals surface area contributed by atoms with Crippen molar-refractivity contribution in [3.8, 4) is 0 Å². The van der Waals surface area contributed by atoms with Crippen molar-refractivity contribution in [2.75, 3.05) is 6.54 Å². The molecular weight excluding hydrogens is 234 g/mol. The maximum atomic E-state index is 10.1. The highest BCUT2D eigenvalue weighted by Gasteiger charge is 2.20. The molecule has 0 fully saturated rings. The van der Waals surface area contributed by atoms with Gasteiger partial charge in [0.1, 0.15) is 0 Å². The molecule has 0 amide bonds. The van der Waals surface area contributed by atoms with Gasteiger partial charge in [-0.1, -0.05) is 37.6 Å². The fourth-order valence-corrected chi connectivity index (χ4v) is 1.77. The van der Waals surface area contributed by atoms with Gasteiger partial charge in [0, 0.05) is 17.1 Å². The summed E-state index contributed by atoms with van der Waals surface area (Å²) in [6.07, 6.45) is 1.62. The van der Waals surface area contributed by atoms with Gasteiger partial charge in [-0.15, -0.1) is 0 Å². The van der Waals surface area contributed by atoms with Crippen molar-refractivity contribution < 1.29 is 5.11 Å². The van der Waals surface area contributed by atoms with Crippen molar-refractivity contribution in [2.24, 2.45) is 0 Å². The molecule has 17 heavy (non-hydrogen) atoms.